The van der Waals surface area contributed by atoms with Crippen molar-refractivity contribution in [3.63, 3.8) is 0 Å². The van der Waals surface area contributed by atoms with Crippen molar-refractivity contribution in [3.05, 3.63) is 24.3 Å². The summed E-state index contributed by atoms with van der Waals surface area (Å²) in [7, 11) is 0. The van der Waals surface area contributed by atoms with Crippen LogP contribution in [0.4, 0.5) is 0 Å². The van der Waals surface area contributed by atoms with Crippen LogP contribution in [0.3, 0.4) is 0 Å². The number of carbonyl (C=O) groups excluding carboxylic acids is 2. The van der Waals surface area contributed by atoms with Crippen LogP contribution < -0.4 is 0 Å². The van der Waals surface area contributed by atoms with Gasteiger partial charge in [0.15, 0.2) is 5.92 Å². The van der Waals surface area contributed by atoms with Crippen molar-refractivity contribution >= 4 is 11.9 Å². The molecule has 0 aliphatic heterocycles. The van der Waals surface area contributed by atoms with Crippen LogP contribution >= 0.6 is 0 Å². The average Bonchev–Trinajstić information content (AvgIpc) is 3.41. The molecule has 1 N–H and O–H groups in total. The summed E-state index contributed by atoms with van der Waals surface area (Å²) in [6, 6.07) is 0. The van der Waals surface area contributed by atoms with Gasteiger partial charge in [-0.1, -0.05) is 65.8 Å². The zero-order chi connectivity index (χ0) is 22.8. The highest BCUT2D eigenvalue weighted by molar-refractivity contribution is 5.97. The molecule has 31 heavy (non-hydrogen) atoms. The van der Waals surface area contributed by atoms with Gasteiger partial charge in [0.2, 0.25) is 0 Å². The van der Waals surface area contributed by atoms with Crippen molar-refractivity contribution in [1.29, 1.82) is 0 Å². The van der Waals surface area contributed by atoms with Gasteiger partial charge < -0.3 is 14.6 Å². The van der Waals surface area contributed by atoms with Crippen LogP contribution in [-0.4, -0.2) is 34.9 Å². The molecule has 4 bridgehead atoms. The number of allylic oxidation sites excluding steroid dienone is 2. The average molecular weight is 431 g/mol. The summed E-state index contributed by atoms with van der Waals surface area (Å²) < 4.78 is 11.9. The normalized spacial score (nSPS) is 34.9. The van der Waals surface area contributed by atoms with Gasteiger partial charge in [0.1, 0.15) is 12.2 Å². The van der Waals surface area contributed by atoms with E-state index in [2.05, 4.69) is 24.3 Å². The Labute approximate surface area is 186 Å². The second-order valence-electron chi connectivity index (χ2n) is 12.2. The highest BCUT2D eigenvalue weighted by Crippen LogP contribution is 2.51. The third kappa shape index (κ3) is 3.77. The van der Waals surface area contributed by atoms with Crippen molar-refractivity contribution in [3.8, 4) is 0 Å². The van der Waals surface area contributed by atoms with Crippen molar-refractivity contribution in [2.75, 3.05) is 0 Å². The summed E-state index contributed by atoms with van der Waals surface area (Å²) >= 11 is 0. The van der Waals surface area contributed by atoms with Crippen molar-refractivity contribution < 1.29 is 24.2 Å². The van der Waals surface area contributed by atoms with Gasteiger partial charge in [-0.25, -0.2) is 0 Å². The number of fused-ring (bicyclic) bond motifs is 4. The maximum absolute atomic E-state index is 13.6. The number of esters is 2. The lowest BCUT2D eigenvalue weighted by Gasteiger charge is -2.52. The molecule has 0 spiro atoms. The molecule has 0 radical (unpaired) electrons. The van der Waals surface area contributed by atoms with Gasteiger partial charge in [0.05, 0.1) is 5.60 Å². The summed E-state index contributed by atoms with van der Waals surface area (Å²) in [5, 5.41) is 12.1. The van der Waals surface area contributed by atoms with Crippen LogP contribution in [-0.2, 0) is 19.1 Å². The molecule has 0 aromatic rings. The van der Waals surface area contributed by atoms with E-state index < -0.39 is 34.3 Å². The molecule has 4 aliphatic carbocycles. The number of aliphatic hydroxyl groups is 1. The topological polar surface area (TPSA) is 72.8 Å². The van der Waals surface area contributed by atoms with E-state index in [1.165, 1.54) is 0 Å². The highest BCUT2D eigenvalue weighted by atomic mass is 16.6. The minimum absolute atomic E-state index is 0.207. The van der Waals surface area contributed by atoms with Crippen LogP contribution in [0.2, 0.25) is 0 Å². The first-order valence-electron chi connectivity index (χ1n) is 11.8. The van der Waals surface area contributed by atoms with E-state index in [1.54, 1.807) is 0 Å². The molecule has 172 valence electrons. The molecule has 0 aromatic heterocycles. The maximum Gasteiger partial charge on any atom is 0.323 e. The van der Waals surface area contributed by atoms with Gasteiger partial charge in [0.25, 0.3) is 0 Å². The molecular formula is C26H38O5. The summed E-state index contributed by atoms with van der Waals surface area (Å²) in [6.45, 7) is 11.2. The third-order valence-electron chi connectivity index (χ3n) is 8.15. The fourth-order valence-electron chi connectivity index (χ4n) is 6.59. The first kappa shape index (κ1) is 22.6. The lowest BCUT2D eigenvalue weighted by atomic mass is 9.57. The number of hydrogen-bond acceptors (Lipinski definition) is 5. The van der Waals surface area contributed by atoms with Gasteiger partial charge in [-0.05, 0) is 48.3 Å². The SMILES string of the molecule is CC(C)(C)C(O)(C(C(=O)OC1CC2C=CC1C2)C(=O)OC1CC2C=CC1C2)C(C)(C)C. The number of hydrogen-bond donors (Lipinski definition) is 1. The molecule has 5 heteroatoms. The molecule has 0 saturated heterocycles. The number of ether oxygens (including phenoxy) is 2. The lowest BCUT2D eigenvalue weighted by Crippen LogP contribution is -2.63. The predicted molar refractivity (Wildman–Crippen MR) is 118 cm³/mol. The minimum atomic E-state index is -1.64. The van der Waals surface area contributed by atoms with E-state index >= 15 is 0 Å². The first-order chi connectivity index (χ1) is 14.3. The molecule has 6 unspecified atom stereocenters. The molecule has 0 heterocycles. The Balaban J connectivity index is 1.62. The predicted octanol–water partition coefficient (Wildman–Crippen LogP) is 4.44. The molecule has 2 fully saturated rings. The molecule has 4 rings (SSSR count). The molecule has 0 amide bonds. The van der Waals surface area contributed by atoms with Crippen molar-refractivity contribution in [1.82, 2.24) is 0 Å². The van der Waals surface area contributed by atoms with Crippen LogP contribution in [0.5, 0.6) is 0 Å². The summed E-state index contributed by atoms with van der Waals surface area (Å²) in [4.78, 5) is 27.1. The largest absolute Gasteiger partial charge is 0.461 e. The molecule has 4 aliphatic rings. The Hall–Kier alpha value is -1.62. The van der Waals surface area contributed by atoms with Crippen molar-refractivity contribution in [2.45, 2.75) is 85.0 Å². The van der Waals surface area contributed by atoms with E-state index in [-0.39, 0.29) is 24.0 Å². The molecular weight excluding hydrogens is 392 g/mol. The third-order valence-corrected chi connectivity index (χ3v) is 8.15. The highest BCUT2D eigenvalue weighted by Gasteiger charge is 2.62. The van der Waals surface area contributed by atoms with Gasteiger partial charge in [-0.15, -0.1) is 0 Å². The fourth-order valence-corrected chi connectivity index (χ4v) is 6.59. The Bertz CT molecular complexity index is 734. The zero-order valence-corrected chi connectivity index (χ0v) is 19.8. The van der Waals surface area contributed by atoms with Gasteiger partial charge in [0, 0.05) is 11.8 Å². The van der Waals surface area contributed by atoms with E-state index in [0.29, 0.717) is 11.8 Å². The second kappa shape index (κ2) is 7.47. The van der Waals surface area contributed by atoms with Crippen LogP contribution in [0.25, 0.3) is 0 Å². The van der Waals surface area contributed by atoms with Crippen molar-refractivity contribution in [2.24, 2.45) is 40.4 Å². The minimum Gasteiger partial charge on any atom is -0.461 e. The van der Waals surface area contributed by atoms with E-state index in [9.17, 15) is 14.7 Å². The summed E-state index contributed by atoms with van der Waals surface area (Å²) in [5.41, 5.74) is -3.15. The standard InChI is InChI=1S/C26H38O5/c1-24(2,3)26(29,25(4,5)6)21(22(27)30-19-13-15-7-9-17(19)11-15)23(28)31-20-14-16-8-10-18(20)12-16/h7-10,15-21,29H,11-14H2,1-6H3. The molecule has 6 atom stereocenters. The number of rotatable bonds is 5. The summed E-state index contributed by atoms with van der Waals surface area (Å²) in [6.07, 6.45) is 11.7. The van der Waals surface area contributed by atoms with Crippen LogP contribution in [0, 0.1) is 40.4 Å². The Kier molecular flexibility index (Phi) is 5.44. The zero-order valence-electron chi connectivity index (χ0n) is 19.8. The Morgan fingerprint density at radius 3 is 1.39 bits per heavy atom. The van der Waals surface area contributed by atoms with E-state index in [1.807, 2.05) is 41.5 Å². The lowest BCUT2D eigenvalue weighted by molar-refractivity contribution is -0.214. The van der Waals surface area contributed by atoms with Gasteiger partial charge >= 0.3 is 11.9 Å². The smallest absolute Gasteiger partial charge is 0.323 e. The Morgan fingerprint density at radius 2 is 1.13 bits per heavy atom. The van der Waals surface area contributed by atoms with Gasteiger partial charge in [-0.2, -0.15) is 0 Å². The van der Waals surface area contributed by atoms with E-state index in [0.717, 1.165) is 25.7 Å². The molecule has 5 nitrogen and oxygen atoms in total. The second-order valence-corrected chi connectivity index (χ2v) is 12.2. The van der Waals surface area contributed by atoms with Crippen LogP contribution in [0.1, 0.15) is 67.2 Å². The summed E-state index contributed by atoms with van der Waals surface area (Å²) in [5.74, 6) is -1.39. The maximum atomic E-state index is 13.6. The molecule has 0 aromatic carbocycles. The van der Waals surface area contributed by atoms with Crippen LogP contribution in [0.15, 0.2) is 24.3 Å². The monoisotopic (exact) mass is 430 g/mol. The molecule has 2 saturated carbocycles. The fraction of sp³-hybridized carbons (Fsp3) is 0.769. The van der Waals surface area contributed by atoms with E-state index in [4.69, 9.17) is 9.47 Å². The Morgan fingerprint density at radius 1 is 0.742 bits per heavy atom. The quantitative estimate of drug-likeness (QED) is 0.397. The number of carbonyl (C=O) groups is 2. The van der Waals surface area contributed by atoms with Gasteiger partial charge in [-0.3, -0.25) is 9.59 Å². The first-order valence-corrected chi connectivity index (χ1v) is 11.8.